The molecule has 2 rings (SSSR count). The van der Waals surface area contributed by atoms with Crippen molar-refractivity contribution in [3.05, 3.63) is 23.7 Å². The number of hydrogen-bond acceptors (Lipinski definition) is 4. The first-order valence-electron chi connectivity index (χ1n) is 8.78. The molecule has 4 nitrogen and oxygen atoms in total. The van der Waals surface area contributed by atoms with E-state index in [1.807, 2.05) is 0 Å². The van der Waals surface area contributed by atoms with Crippen LogP contribution in [0, 0.1) is 0 Å². The predicted octanol–water partition coefficient (Wildman–Crippen LogP) is 2.99. The average molecular weight is 304 g/mol. The summed E-state index contributed by atoms with van der Waals surface area (Å²) in [6.07, 6.45) is 8.40. The summed E-state index contributed by atoms with van der Waals surface area (Å²) in [7, 11) is 0. The SMILES string of the molecule is CCCCC=CCN1C(C)=C(N2CCNCC2)N=C(C)C1C. The van der Waals surface area contributed by atoms with E-state index in [1.165, 1.54) is 36.5 Å². The van der Waals surface area contributed by atoms with Gasteiger partial charge in [0.1, 0.15) is 5.82 Å². The molecule has 0 aromatic carbocycles. The van der Waals surface area contributed by atoms with Crippen molar-refractivity contribution >= 4 is 5.71 Å². The highest BCUT2D eigenvalue weighted by atomic mass is 15.3. The molecule has 1 N–H and O–H groups in total. The molecule has 0 amide bonds. The number of piperazine rings is 1. The Hall–Kier alpha value is -1.29. The summed E-state index contributed by atoms with van der Waals surface area (Å²) in [5.74, 6) is 1.18. The van der Waals surface area contributed by atoms with Crippen LogP contribution in [0.1, 0.15) is 47.0 Å². The molecule has 4 heteroatoms. The molecular weight excluding hydrogens is 272 g/mol. The topological polar surface area (TPSA) is 30.9 Å². The first-order valence-corrected chi connectivity index (χ1v) is 8.78. The minimum Gasteiger partial charge on any atom is -0.360 e. The van der Waals surface area contributed by atoms with Gasteiger partial charge in [-0.05, 0) is 27.2 Å². The first kappa shape index (κ1) is 17.1. The van der Waals surface area contributed by atoms with Gasteiger partial charge in [0.2, 0.25) is 0 Å². The van der Waals surface area contributed by atoms with E-state index in [1.54, 1.807) is 0 Å². The highest BCUT2D eigenvalue weighted by Gasteiger charge is 2.26. The van der Waals surface area contributed by atoms with Gasteiger partial charge in [-0.2, -0.15) is 0 Å². The Morgan fingerprint density at radius 3 is 2.64 bits per heavy atom. The molecule has 2 aliphatic heterocycles. The van der Waals surface area contributed by atoms with E-state index in [4.69, 9.17) is 4.99 Å². The maximum atomic E-state index is 4.90. The maximum absolute atomic E-state index is 4.90. The first-order chi connectivity index (χ1) is 10.6. The number of nitrogens with zero attached hydrogens (tertiary/aromatic N) is 3. The molecular formula is C18H32N4. The standard InChI is InChI=1S/C18H32N4/c1-5-6-7-8-9-12-22-16(3)15(2)20-18(17(22)4)21-13-10-19-11-14-21/h8-9,16,19H,5-7,10-14H2,1-4H3. The number of allylic oxidation sites excluding steroid dienone is 2. The fourth-order valence-electron chi connectivity index (χ4n) is 3.08. The van der Waals surface area contributed by atoms with Gasteiger partial charge in [0, 0.05) is 38.4 Å². The van der Waals surface area contributed by atoms with Crippen LogP contribution in [-0.2, 0) is 0 Å². The third-order valence-electron chi connectivity index (χ3n) is 4.72. The Kier molecular flexibility index (Phi) is 6.49. The van der Waals surface area contributed by atoms with Crippen molar-refractivity contribution in [1.29, 1.82) is 0 Å². The van der Waals surface area contributed by atoms with E-state index in [9.17, 15) is 0 Å². The van der Waals surface area contributed by atoms with Crippen molar-refractivity contribution in [3.8, 4) is 0 Å². The van der Waals surface area contributed by atoms with Gasteiger partial charge in [0.05, 0.1) is 11.7 Å². The summed E-state index contributed by atoms with van der Waals surface area (Å²) in [6, 6.07) is 0.391. The Bertz CT molecular complexity index is 444. The number of hydrogen-bond donors (Lipinski definition) is 1. The monoisotopic (exact) mass is 304 g/mol. The van der Waals surface area contributed by atoms with Gasteiger partial charge in [-0.3, -0.25) is 0 Å². The third-order valence-corrected chi connectivity index (χ3v) is 4.72. The van der Waals surface area contributed by atoms with Crippen molar-refractivity contribution in [2.24, 2.45) is 4.99 Å². The van der Waals surface area contributed by atoms with Gasteiger partial charge in [-0.25, -0.2) is 4.99 Å². The highest BCUT2D eigenvalue weighted by Crippen LogP contribution is 2.24. The van der Waals surface area contributed by atoms with Gasteiger partial charge >= 0.3 is 0 Å². The van der Waals surface area contributed by atoms with Gasteiger partial charge in [0.15, 0.2) is 0 Å². The minimum atomic E-state index is 0.391. The van der Waals surface area contributed by atoms with E-state index in [0.717, 1.165) is 32.7 Å². The van der Waals surface area contributed by atoms with Crippen LogP contribution in [0.2, 0.25) is 0 Å². The smallest absolute Gasteiger partial charge is 0.147 e. The van der Waals surface area contributed by atoms with Crippen LogP contribution < -0.4 is 5.32 Å². The molecule has 0 radical (unpaired) electrons. The zero-order valence-corrected chi connectivity index (χ0v) is 14.7. The van der Waals surface area contributed by atoms with Crippen LogP contribution in [0.15, 0.2) is 28.7 Å². The second-order valence-corrected chi connectivity index (χ2v) is 6.34. The molecule has 22 heavy (non-hydrogen) atoms. The summed E-state index contributed by atoms with van der Waals surface area (Å²) < 4.78 is 0. The molecule has 124 valence electrons. The second kappa shape index (κ2) is 8.37. The lowest BCUT2D eigenvalue weighted by atomic mass is 10.1. The lowest BCUT2D eigenvalue weighted by Crippen LogP contribution is -2.47. The molecule has 1 fully saturated rings. The molecule has 1 unspecified atom stereocenters. The Balaban J connectivity index is 2.08. The van der Waals surface area contributed by atoms with E-state index in [-0.39, 0.29) is 0 Å². The Morgan fingerprint density at radius 1 is 1.23 bits per heavy atom. The van der Waals surface area contributed by atoms with Crippen molar-refractivity contribution in [3.63, 3.8) is 0 Å². The van der Waals surface area contributed by atoms with Gasteiger partial charge in [-0.1, -0.05) is 31.9 Å². The molecule has 2 heterocycles. The van der Waals surface area contributed by atoms with Crippen molar-refractivity contribution in [2.75, 3.05) is 32.7 Å². The van der Waals surface area contributed by atoms with Gasteiger partial charge < -0.3 is 15.1 Å². The summed E-state index contributed by atoms with van der Waals surface area (Å²) >= 11 is 0. The maximum Gasteiger partial charge on any atom is 0.147 e. The number of unbranched alkanes of at least 4 members (excludes halogenated alkanes) is 2. The van der Waals surface area contributed by atoms with Crippen LogP contribution in [0.25, 0.3) is 0 Å². The summed E-state index contributed by atoms with van der Waals surface area (Å²) in [5, 5.41) is 3.42. The highest BCUT2D eigenvalue weighted by molar-refractivity contribution is 5.88. The fourth-order valence-corrected chi connectivity index (χ4v) is 3.08. The molecule has 1 saturated heterocycles. The normalized spacial score (nSPS) is 23.5. The van der Waals surface area contributed by atoms with Crippen LogP contribution in [0.4, 0.5) is 0 Å². The van der Waals surface area contributed by atoms with Crippen LogP contribution in [-0.4, -0.2) is 54.3 Å². The minimum absolute atomic E-state index is 0.391. The van der Waals surface area contributed by atoms with Gasteiger partial charge in [0.25, 0.3) is 0 Å². The lowest BCUT2D eigenvalue weighted by Gasteiger charge is -2.40. The van der Waals surface area contributed by atoms with Crippen molar-refractivity contribution in [2.45, 2.75) is 53.0 Å². The zero-order valence-electron chi connectivity index (χ0n) is 14.7. The zero-order chi connectivity index (χ0) is 15.9. The van der Waals surface area contributed by atoms with Crippen molar-refractivity contribution in [1.82, 2.24) is 15.1 Å². The van der Waals surface area contributed by atoms with E-state index < -0.39 is 0 Å². The van der Waals surface area contributed by atoms with E-state index >= 15 is 0 Å². The molecule has 0 bridgehead atoms. The summed E-state index contributed by atoms with van der Waals surface area (Å²) in [6.45, 7) is 14.1. The molecule has 0 aromatic rings. The van der Waals surface area contributed by atoms with E-state index in [2.05, 4.69) is 55.0 Å². The molecule has 1 atom stereocenters. The summed E-state index contributed by atoms with van der Waals surface area (Å²) in [4.78, 5) is 9.82. The molecule has 2 aliphatic rings. The Morgan fingerprint density at radius 2 is 1.95 bits per heavy atom. The third kappa shape index (κ3) is 4.13. The quantitative estimate of drug-likeness (QED) is 0.604. The molecule has 0 aliphatic carbocycles. The number of aliphatic imine (C=N–C) groups is 1. The predicted molar refractivity (Wildman–Crippen MR) is 95.1 cm³/mol. The van der Waals surface area contributed by atoms with Crippen LogP contribution in [0.5, 0.6) is 0 Å². The van der Waals surface area contributed by atoms with Gasteiger partial charge in [-0.15, -0.1) is 0 Å². The Labute approximate surface area is 136 Å². The molecule has 0 aromatic heterocycles. The molecule has 0 spiro atoms. The van der Waals surface area contributed by atoms with Crippen molar-refractivity contribution < 1.29 is 0 Å². The average Bonchev–Trinajstić information content (AvgIpc) is 2.54. The number of nitrogens with one attached hydrogen (secondary N) is 1. The fraction of sp³-hybridized carbons (Fsp3) is 0.722. The lowest BCUT2D eigenvalue weighted by molar-refractivity contribution is 0.262. The summed E-state index contributed by atoms with van der Waals surface area (Å²) in [5.41, 5.74) is 2.54. The number of rotatable bonds is 6. The van der Waals surface area contributed by atoms with Crippen LogP contribution in [0.3, 0.4) is 0 Å². The largest absolute Gasteiger partial charge is 0.360 e. The molecule has 0 saturated carbocycles. The second-order valence-electron chi connectivity index (χ2n) is 6.34. The van der Waals surface area contributed by atoms with Crippen LogP contribution >= 0.6 is 0 Å². The van der Waals surface area contributed by atoms with E-state index in [0.29, 0.717) is 6.04 Å².